The second-order valence-electron chi connectivity index (χ2n) is 2.23. The summed E-state index contributed by atoms with van der Waals surface area (Å²) in [6.45, 7) is 8.24. The molecule has 0 aliphatic heterocycles. The van der Waals surface area contributed by atoms with Gasteiger partial charge in [0.25, 0.3) is 0 Å². The molecule has 0 aromatic heterocycles. The van der Waals surface area contributed by atoms with E-state index in [4.69, 9.17) is 0 Å². The van der Waals surface area contributed by atoms with E-state index in [0.717, 1.165) is 13.0 Å². The number of carbonyl (C=O) groups excluding carboxylic acids is 1. The molecule has 0 aliphatic rings. The Morgan fingerprint density at radius 1 is 1.64 bits per heavy atom. The molecule has 0 saturated heterocycles. The van der Waals surface area contributed by atoms with Gasteiger partial charge in [-0.25, -0.2) is 0 Å². The number of nitrogens with one attached hydrogen (secondary N) is 2. The van der Waals surface area contributed by atoms with Crippen molar-refractivity contribution in [2.24, 2.45) is 0 Å². The molecule has 0 bridgehead atoms. The lowest BCUT2D eigenvalue weighted by atomic mass is 10.3. The Labute approximate surface area is 67.9 Å². The molecule has 1 atom stereocenters. The highest BCUT2D eigenvalue weighted by molar-refractivity contribution is 5.87. The molecule has 0 aliphatic carbocycles. The Kier molecular flexibility index (Phi) is 5.47. The summed E-state index contributed by atoms with van der Waals surface area (Å²) in [5.74, 6) is -0.127. The third-order valence-corrected chi connectivity index (χ3v) is 1.36. The van der Waals surface area contributed by atoms with Gasteiger partial charge in [-0.3, -0.25) is 10.1 Å². The Morgan fingerprint density at radius 2 is 2.27 bits per heavy atom. The first-order valence-corrected chi connectivity index (χ1v) is 3.90. The van der Waals surface area contributed by atoms with Crippen LogP contribution in [0.4, 0.5) is 0 Å². The van der Waals surface area contributed by atoms with E-state index in [-0.39, 0.29) is 12.1 Å². The van der Waals surface area contributed by atoms with Crippen molar-refractivity contribution in [3.05, 3.63) is 12.7 Å². The number of hydrogen-bond acceptors (Lipinski definition) is 2. The van der Waals surface area contributed by atoms with Crippen LogP contribution in [0.25, 0.3) is 0 Å². The van der Waals surface area contributed by atoms with Crippen LogP contribution in [-0.4, -0.2) is 18.6 Å². The Hall–Kier alpha value is -0.830. The van der Waals surface area contributed by atoms with Crippen molar-refractivity contribution in [2.75, 3.05) is 6.54 Å². The maximum atomic E-state index is 10.8. The van der Waals surface area contributed by atoms with E-state index in [1.54, 1.807) is 0 Å². The summed E-state index contributed by atoms with van der Waals surface area (Å²) < 4.78 is 0. The first-order chi connectivity index (χ1) is 5.24. The second-order valence-corrected chi connectivity index (χ2v) is 2.23. The van der Waals surface area contributed by atoms with Gasteiger partial charge in [0.2, 0.25) is 5.91 Å². The molecule has 3 heteroatoms. The average molecular weight is 156 g/mol. The lowest BCUT2D eigenvalue weighted by Crippen LogP contribution is -2.44. The molecule has 11 heavy (non-hydrogen) atoms. The monoisotopic (exact) mass is 156 g/mol. The Balaban J connectivity index is 3.67. The molecule has 3 nitrogen and oxygen atoms in total. The van der Waals surface area contributed by atoms with Gasteiger partial charge in [0.05, 0.1) is 6.17 Å². The fraction of sp³-hybridized carbons (Fsp3) is 0.625. The van der Waals surface area contributed by atoms with Gasteiger partial charge in [-0.2, -0.15) is 0 Å². The lowest BCUT2D eigenvalue weighted by molar-refractivity contribution is -0.117. The fourth-order valence-corrected chi connectivity index (χ4v) is 0.774. The highest BCUT2D eigenvalue weighted by atomic mass is 16.1. The van der Waals surface area contributed by atoms with Gasteiger partial charge in [-0.15, -0.1) is 0 Å². The highest BCUT2D eigenvalue weighted by Crippen LogP contribution is 1.84. The first-order valence-electron chi connectivity index (χ1n) is 3.90. The molecule has 0 aromatic carbocycles. The largest absolute Gasteiger partial charge is 0.337 e. The van der Waals surface area contributed by atoms with E-state index in [1.807, 2.05) is 13.8 Å². The zero-order valence-corrected chi connectivity index (χ0v) is 7.18. The van der Waals surface area contributed by atoms with Crippen LogP contribution in [0.2, 0.25) is 0 Å². The second kappa shape index (κ2) is 5.92. The van der Waals surface area contributed by atoms with Crippen LogP contribution in [0.3, 0.4) is 0 Å². The van der Waals surface area contributed by atoms with Gasteiger partial charge in [0.1, 0.15) is 0 Å². The molecule has 2 N–H and O–H groups in total. The third kappa shape index (κ3) is 4.56. The van der Waals surface area contributed by atoms with Gasteiger partial charge >= 0.3 is 0 Å². The number of amides is 1. The maximum absolute atomic E-state index is 10.8. The van der Waals surface area contributed by atoms with Crippen molar-refractivity contribution in [3.63, 3.8) is 0 Å². The summed E-state index contributed by atoms with van der Waals surface area (Å²) >= 11 is 0. The van der Waals surface area contributed by atoms with E-state index in [1.165, 1.54) is 6.08 Å². The molecule has 0 radical (unpaired) electrons. The molecule has 64 valence electrons. The minimum absolute atomic E-state index is 0.0745. The zero-order chi connectivity index (χ0) is 8.69. The fourth-order valence-electron chi connectivity index (χ4n) is 0.774. The molecular formula is C8H16N2O. The molecule has 1 unspecified atom stereocenters. The van der Waals surface area contributed by atoms with Gasteiger partial charge < -0.3 is 5.32 Å². The smallest absolute Gasteiger partial charge is 0.244 e. The molecule has 0 fully saturated rings. The Morgan fingerprint density at radius 3 is 2.64 bits per heavy atom. The summed E-state index contributed by atoms with van der Waals surface area (Å²) in [4.78, 5) is 10.8. The van der Waals surface area contributed by atoms with Crippen molar-refractivity contribution >= 4 is 5.91 Å². The Bertz CT molecular complexity index is 134. The standard InChI is InChI=1S/C8H16N2O/c1-4-7(9-6-3)10-8(11)5-2/h5,7,9H,2,4,6H2,1,3H3,(H,10,11). The third-order valence-electron chi connectivity index (χ3n) is 1.36. The van der Waals surface area contributed by atoms with Crippen molar-refractivity contribution in [2.45, 2.75) is 26.4 Å². The lowest BCUT2D eigenvalue weighted by Gasteiger charge is -2.15. The van der Waals surface area contributed by atoms with Crippen molar-refractivity contribution in [3.8, 4) is 0 Å². The zero-order valence-electron chi connectivity index (χ0n) is 7.18. The number of hydrogen-bond donors (Lipinski definition) is 2. The molecule has 0 rings (SSSR count). The van der Waals surface area contributed by atoms with E-state index in [9.17, 15) is 4.79 Å². The highest BCUT2D eigenvalue weighted by Gasteiger charge is 2.04. The summed E-state index contributed by atoms with van der Waals surface area (Å²) in [6.07, 6.45) is 2.23. The molecule has 0 spiro atoms. The quantitative estimate of drug-likeness (QED) is 0.453. The van der Waals surface area contributed by atoms with Gasteiger partial charge in [0.15, 0.2) is 0 Å². The normalized spacial score (nSPS) is 12.2. The van der Waals surface area contributed by atoms with Crippen molar-refractivity contribution < 1.29 is 4.79 Å². The van der Waals surface area contributed by atoms with Gasteiger partial charge in [-0.1, -0.05) is 20.4 Å². The van der Waals surface area contributed by atoms with Crippen LogP contribution in [0, 0.1) is 0 Å². The number of rotatable bonds is 5. The summed E-state index contributed by atoms with van der Waals surface area (Å²) in [6, 6.07) is 0. The summed E-state index contributed by atoms with van der Waals surface area (Å²) in [5, 5.41) is 5.87. The predicted molar refractivity (Wildman–Crippen MR) is 46.1 cm³/mol. The summed E-state index contributed by atoms with van der Waals surface area (Å²) in [7, 11) is 0. The molecular weight excluding hydrogens is 140 g/mol. The van der Waals surface area contributed by atoms with E-state index in [0.29, 0.717) is 0 Å². The molecule has 1 amide bonds. The minimum atomic E-state index is -0.127. The molecule has 0 saturated carbocycles. The van der Waals surface area contributed by atoms with Crippen molar-refractivity contribution in [1.82, 2.24) is 10.6 Å². The maximum Gasteiger partial charge on any atom is 0.244 e. The van der Waals surface area contributed by atoms with Gasteiger partial charge in [0, 0.05) is 0 Å². The topological polar surface area (TPSA) is 41.1 Å². The van der Waals surface area contributed by atoms with Gasteiger partial charge in [-0.05, 0) is 19.0 Å². The van der Waals surface area contributed by atoms with Crippen LogP contribution in [0.1, 0.15) is 20.3 Å². The van der Waals surface area contributed by atoms with Crippen LogP contribution in [-0.2, 0) is 4.79 Å². The minimum Gasteiger partial charge on any atom is -0.337 e. The molecule has 0 aromatic rings. The van der Waals surface area contributed by atoms with Crippen LogP contribution in [0.15, 0.2) is 12.7 Å². The van der Waals surface area contributed by atoms with Crippen LogP contribution >= 0.6 is 0 Å². The molecule has 0 heterocycles. The van der Waals surface area contributed by atoms with Crippen LogP contribution in [0.5, 0.6) is 0 Å². The van der Waals surface area contributed by atoms with E-state index >= 15 is 0 Å². The number of carbonyl (C=O) groups is 1. The SMILES string of the molecule is C=CC(=O)NC(CC)NCC. The predicted octanol–water partition coefficient (Wildman–Crippen LogP) is 0.634. The summed E-state index contributed by atoms with van der Waals surface area (Å²) in [5.41, 5.74) is 0. The van der Waals surface area contributed by atoms with E-state index < -0.39 is 0 Å². The average Bonchev–Trinajstić information content (AvgIpc) is 2.03. The van der Waals surface area contributed by atoms with Crippen molar-refractivity contribution in [1.29, 1.82) is 0 Å². The van der Waals surface area contributed by atoms with E-state index in [2.05, 4.69) is 17.2 Å². The first kappa shape index (κ1) is 10.2. The van der Waals surface area contributed by atoms with Crippen LogP contribution < -0.4 is 10.6 Å².